The summed E-state index contributed by atoms with van der Waals surface area (Å²) in [5.41, 5.74) is 4.32. The number of hydrogen-bond acceptors (Lipinski definition) is 23. The maximum atomic E-state index is 11.2. The molecule has 7 N–H and O–H groups in total. The molecule has 89 heavy (non-hydrogen) atoms. The number of aromatic nitrogens is 14. The number of aliphatic hydroxyl groups excluding tert-OH is 1. The van der Waals surface area contributed by atoms with Gasteiger partial charge in [-0.25, -0.2) is 34.7 Å². The smallest absolute Gasteiger partial charge is 1.00 e. The van der Waals surface area contributed by atoms with Crippen LogP contribution in [-0.2, 0) is 74.3 Å². The predicted octanol–water partition coefficient (Wildman–Crippen LogP) is -5.20. The summed E-state index contributed by atoms with van der Waals surface area (Å²) in [5.74, 6) is 1.41. The van der Waals surface area contributed by atoms with E-state index >= 15 is 0 Å². The van der Waals surface area contributed by atoms with E-state index in [9.17, 15) is 28.5 Å². The summed E-state index contributed by atoms with van der Waals surface area (Å²) in [5, 5.41) is 26.4. The number of hydrogen-bond donors (Lipinski definition) is 7. The average Bonchev–Trinajstić information content (AvgIpc) is 4.33. The normalized spacial score (nSPS) is 8.91. The number of nitrogens with zero attached hydrogens (tertiary/aromatic N) is 10. The fraction of sp³-hybridized carbons (Fsp3) is 0.317. The van der Waals surface area contributed by atoms with E-state index in [1.807, 2.05) is 21.1 Å². The van der Waals surface area contributed by atoms with Crippen molar-refractivity contribution in [3.8, 4) is 0 Å². The number of carbonyl (C=O) groups excluding carboxylic acids is 4. The molecule has 0 bridgehead atoms. The largest absolute Gasteiger partial charge is 1.00 e. The first-order valence-electron chi connectivity index (χ1n) is 21.4. The van der Waals surface area contributed by atoms with E-state index in [0.717, 1.165) is 29.9 Å². The molecular formula is C41H56Cl11K4N16O13PS3. The van der Waals surface area contributed by atoms with Gasteiger partial charge in [-0.05, 0) is 78.5 Å². The third-order valence-corrected chi connectivity index (χ3v) is 12.1. The summed E-state index contributed by atoms with van der Waals surface area (Å²) in [4.78, 5) is 113. The molecule has 0 unspecified atom stereocenters. The summed E-state index contributed by atoms with van der Waals surface area (Å²) in [6.45, 7) is 5.16. The number of thioether (sulfide) groups is 2. The number of aliphatic hydroxyl groups is 1. The van der Waals surface area contributed by atoms with Gasteiger partial charge >= 0.3 is 211 Å². The molecule has 29 nitrogen and oxygen atoms in total. The number of H-pyrrole nitrogens is 4. The van der Waals surface area contributed by atoms with E-state index < -0.39 is 5.20 Å². The maximum absolute atomic E-state index is 11.2. The van der Waals surface area contributed by atoms with Gasteiger partial charge in [0.2, 0.25) is 5.91 Å². The van der Waals surface area contributed by atoms with E-state index in [4.69, 9.17) is 95.0 Å². The summed E-state index contributed by atoms with van der Waals surface area (Å²) < 4.78 is 16.7. The van der Waals surface area contributed by atoms with Gasteiger partial charge in [-0.2, -0.15) is 0 Å². The number of halogens is 11. The van der Waals surface area contributed by atoms with Crippen molar-refractivity contribution in [2.75, 3.05) is 20.7 Å². The number of nitrogens with one attached hydrogen (secondary N) is 6. The zero-order valence-electron chi connectivity index (χ0n) is 51.3. The third kappa shape index (κ3) is 56.8. The molecule has 0 aliphatic rings. The Morgan fingerprint density at radius 1 is 0.674 bits per heavy atom. The molecule has 7 aromatic rings. The number of aryl methyl sites for hydroxylation is 7. The van der Waals surface area contributed by atoms with Gasteiger partial charge < -0.3 is 66.8 Å². The fourth-order valence-electron chi connectivity index (χ4n) is 4.44. The van der Waals surface area contributed by atoms with Crippen molar-refractivity contribution >= 4 is 194 Å². The molecule has 0 atom stereocenters. The third-order valence-electron chi connectivity index (χ3n) is 7.80. The van der Waals surface area contributed by atoms with Crippen LogP contribution in [0.5, 0.6) is 0 Å². The minimum absolute atomic E-state index is 0. The van der Waals surface area contributed by atoms with Gasteiger partial charge in [-0.3, -0.25) is 43.1 Å². The molecule has 0 radical (unpaired) electrons. The van der Waals surface area contributed by atoms with Gasteiger partial charge in [-0.15, -0.1) is 36.4 Å². The van der Waals surface area contributed by atoms with Crippen LogP contribution in [0.25, 0.3) is 0 Å². The second kappa shape index (κ2) is 66.2. The molecule has 7 rings (SSSR count). The molecule has 0 aliphatic heterocycles. The van der Waals surface area contributed by atoms with E-state index in [-0.39, 0.29) is 275 Å². The van der Waals surface area contributed by atoms with E-state index in [1.165, 1.54) is 48.1 Å². The molecule has 1 amide bonds. The topological polar surface area (TPSA) is 406 Å². The van der Waals surface area contributed by atoms with Crippen LogP contribution in [0.4, 0.5) is 0 Å². The van der Waals surface area contributed by atoms with Crippen LogP contribution in [0, 0.1) is 25.5 Å². The summed E-state index contributed by atoms with van der Waals surface area (Å²) in [6.07, 6.45) is 7.07. The molecule has 0 aromatic carbocycles. The SMILES string of the molecule is CNC(=O)CNCl.CO.Cc1cc(=O)[nH]c(=S)[nH]1.Cc1cc(=O)[nH]c(SCc2ncn(C)c2Cl)n1.Cc1cc(=O)[nH]c(SCc2ncn(C)c2Cl)n1.Cl.Cl.Cn1cnc(C=O)c1Cl.Cn1cnc(CCl)c1Cl.O=CO[O-].O=CO[O-].O=P(Cl)(Cl)Cl.[H-].[H-].[K+].[K+].[K+].[K+]. The molecule has 482 valence electrons. The molecule has 48 heteroatoms. The van der Waals surface area contributed by atoms with E-state index in [0.29, 0.717) is 76.5 Å². The molecule has 0 aliphatic carbocycles. The standard InChI is InChI=1S/2C10H11ClN4OS.C5H6Cl2N2.C5H5ClN2O.C5H6N2OS.C3H7ClN2O.2CH2O3.CH4O.Cl3OP.2ClH.4K.2H/c2*1-6-3-8(16)14-10(13-6)17-4-7-9(11)15(2)5-12-7;1-9-3-8-4(2-6)5(9)7;1-8-3-7-4(2-9)5(8)6;1-3-2-4(8)7-5(9)6-3;1-5-3(7)2-6-4;2*2-1-4-3;1-2;1-5(2,3)4;;;;;;;;/h2*3,5H,4H2,1-2H3,(H,13,14,16);3H,2H2,1H3;2-3H,1H3;2H,1H3,(H2,6,7,8,9);6H,2H2,1H3,(H,5,7);2*1,3H;2H,1H3;;2*1H;;;;;;/q;;;;;;;;;;;;4*+1;2*-1/p-2. The van der Waals surface area contributed by atoms with Crippen LogP contribution in [0.2, 0.25) is 20.6 Å². The fourth-order valence-corrected chi connectivity index (χ4v) is 7.59. The van der Waals surface area contributed by atoms with E-state index in [2.05, 4.69) is 116 Å². The first-order chi connectivity index (χ1) is 38.9. The Hall–Kier alpha value is 2.29. The monoisotopic (exact) mass is 1650 g/mol. The number of imidazole rings is 4. The molecule has 0 saturated carbocycles. The number of carbonyl (C=O) groups is 4. The van der Waals surface area contributed by atoms with Crippen molar-refractivity contribution in [2.24, 2.45) is 28.2 Å². The summed E-state index contributed by atoms with van der Waals surface area (Å²) in [7, 11) is 9.76. The van der Waals surface area contributed by atoms with Gasteiger partial charge in [0.05, 0.1) is 54.8 Å². The maximum Gasteiger partial charge on any atom is 1.00 e. The minimum Gasteiger partial charge on any atom is -1.00 e. The quantitative estimate of drug-likeness (QED) is 0.00574. The average molecular weight is 1650 g/mol. The van der Waals surface area contributed by atoms with Crippen LogP contribution in [-0.4, -0.2) is 119 Å². The molecule has 0 spiro atoms. The van der Waals surface area contributed by atoms with Crippen LogP contribution < -0.4 is 243 Å². The number of alkyl halides is 1. The Bertz CT molecular complexity index is 3200. The minimum atomic E-state index is -3.22. The van der Waals surface area contributed by atoms with Crippen LogP contribution in [0.15, 0.2) is 68.2 Å². The zero-order chi connectivity index (χ0) is 64.4. The van der Waals surface area contributed by atoms with Crippen LogP contribution in [0.3, 0.4) is 0 Å². The first kappa shape index (κ1) is 110. The molecule has 0 fully saturated rings. The van der Waals surface area contributed by atoms with Crippen LogP contribution >= 0.6 is 169 Å². The number of aldehydes is 1. The molecule has 7 aromatic heterocycles. The second-order valence-electron chi connectivity index (χ2n) is 14.1. The molecular weight excluding hydrogens is 1600 g/mol. The number of likely N-dealkylation sites (N-methyl/N-ethyl adjacent to an activating group) is 1. The van der Waals surface area contributed by atoms with E-state index in [1.54, 1.807) is 72.1 Å². The Morgan fingerprint density at radius 3 is 1.20 bits per heavy atom. The summed E-state index contributed by atoms with van der Waals surface area (Å²) >= 11 is 55.1. The van der Waals surface area contributed by atoms with Gasteiger partial charge in [0.1, 0.15) is 26.3 Å². The Morgan fingerprint density at radius 2 is 1.00 bits per heavy atom. The van der Waals surface area contributed by atoms with Crippen molar-refractivity contribution < 1.29 is 258 Å². The Kier molecular flexibility index (Phi) is 81.7. The van der Waals surface area contributed by atoms with Gasteiger partial charge in [0.25, 0.3) is 29.6 Å². The van der Waals surface area contributed by atoms with Gasteiger partial charge in [0.15, 0.2) is 21.4 Å². The summed E-state index contributed by atoms with van der Waals surface area (Å²) in [6, 6.07) is 4.37. The number of rotatable bonds is 12. The number of amides is 1. The zero-order valence-corrected chi connectivity index (χ0v) is 73.6. The van der Waals surface area contributed by atoms with Crippen molar-refractivity contribution in [1.82, 2.24) is 78.3 Å². The Balaban J connectivity index is -0.0000000901. The van der Waals surface area contributed by atoms with Crippen molar-refractivity contribution in [1.29, 1.82) is 0 Å². The molecule has 7 heterocycles. The van der Waals surface area contributed by atoms with Gasteiger partial charge in [0, 0.05) is 89.1 Å². The Labute approximate surface area is 753 Å². The second-order valence-corrected chi connectivity index (χ2v) is 25.0. The van der Waals surface area contributed by atoms with Crippen LogP contribution in [0.1, 0.15) is 47.5 Å². The van der Waals surface area contributed by atoms with Crippen molar-refractivity contribution in [3.05, 3.63) is 140 Å². The number of aromatic amines is 4. The van der Waals surface area contributed by atoms with Crippen molar-refractivity contribution in [3.63, 3.8) is 0 Å². The molecule has 0 saturated heterocycles. The first-order valence-corrected chi connectivity index (χ1v) is 30.7. The van der Waals surface area contributed by atoms with Crippen molar-refractivity contribution in [2.45, 2.75) is 48.5 Å². The predicted molar refractivity (Wildman–Crippen MR) is 335 cm³/mol. The van der Waals surface area contributed by atoms with Gasteiger partial charge in [-0.1, -0.05) is 69.9 Å².